The number of rotatable bonds is 2. The number of ether oxygens (including phenoxy) is 1. The van der Waals surface area contributed by atoms with E-state index in [2.05, 4.69) is 0 Å². The number of esters is 1. The summed E-state index contributed by atoms with van der Waals surface area (Å²) in [5, 5.41) is 0. The summed E-state index contributed by atoms with van der Waals surface area (Å²) in [4.78, 5) is 11.5. The average Bonchev–Trinajstić information content (AvgIpc) is 2.14. The highest BCUT2D eigenvalue weighted by Gasteiger charge is 2.50. The molecule has 2 rings (SSSR count). The molecule has 1 unspecified atom stereocenters. The second-order valence-corrected chi connectivity index (χ2v) is 6.20. The number of thioether (sulfide) groups is 1. The molecule has 0 bridgehead atoms. The summed E-state index contributed by atoms with van der Waals surface area (Å²) in [5.74, 6) is 1.28. The zero-order valence-electron chi connectivity index (χ0n) is 9.20. The largest absolute Gasteiger partial charge is 0.466 e. The molecule has 1 aliphatic carbocycles. The van der Waals surface area contributed by atoms with Gasteiger partial charge in [-0.05, 0) is 38.4 Å². The van der Waals surface area contributed by atoms with Crippen molar-refractivity contribution in [3.05, 3.63) is 0 Å². The summed E-state index contributed by atoms with van der Waals surface area (Å²) in [6.07, 6.45) is 4.15. The predicted molar refractivity (Wildman–Crippen MR) is 61.8 cm³/mol. The van der Waals surface area contributed by atoms with Crippen LogP contribution in [0.5, 0.6) is 0 Å². The first-order chi connectivity index (χ1) is 7.15. The first-order valence-electron chi connectivity index (χ1n) is 5.71. The van der Waals surface area contributed by atoms with Gasteiger partial charge in [0.15, 0.2) is 0 Å². The van der Waals surface area contributed by atoms with Crippen molar-refractivity contribution >= 4 is 17.7 Å². The minimum absolute atomic E-state index is 0.0112. The van der Waals surface area contributed by atoms with E-state index in [4.69, 9.17) is 10.5 Å². The maximum atomic E-state index is 11.5. The van der Waals surface area contributed by atoms with Gasteiger partial charge in [-0.1, -0.05) is 0 Å². The van der Waals surface area contributed by atoms with Crippen molar-refractivity contribution in [1.82, 2.24) is 0 Å². The fourth-order valence-corrected chi connectivity index (χ4v) is 4.44. The Balaban J connectivity index is 1.83. The van der Waals surface area contributed by atoms with E-state index >= 15 is 0 Å². The number of hydrogen-bond acceptors (Lipinski definition) is 4. The van der Waals surface area contributed by atoms with Crippen molar-refractivity contribution < 1.29 is 9.53 Å². The molecule has 1 saturated heterocycles. The van der Waals surface area contributed by atoms with Crippen LogP contribution in [-0.4, -0.2) is 29.1 Å². The van der Waals surface area contributed by atoms with Crippen LogP contribution < -0.4 is 5.73 Å². The van der Waals surface area contributed by atoms with E-state index in [-0.39, 0.29) is 11.9 Å². The fourth-order valence-electron chi connectivity index (χ4n) is 2.62. The first-order valence-corrected chi connectivity index (χ1v) is 6.70. The molecule has 0 amide bonds. The third-order valence-corrected chi connectivity index (χ3v) is 4.94. The molecular weight excluding hydrogens is 210 g/mol. The van der Waals surface area contributed by atoms with Crippen LogP contribution >= 0.6 is 11.8 Å². The summed E-state index contributed by atoms with van der Waals surface area (Å²) >= 11 is 2.01. The number of nitrogens with two attached hydrogens (primary N) is 1. The second kappa shape index (κ2) is 4.34. The Hall–Kier alpha value is -0.220. The van der Waals surface area contributed by atoms with E-state index in [0.29, 0.717) is 17.4 Å². The molecule has 1 spiro atoms. The number of hydrogen-bond donors (Lipinski definition) is 1. The molecule has 0 aromatic carbocycles. The van der Waals surface area contributed by atoms with Crippen LogP contribution in [0.25, 0.3) is 0 Å². The minimum Gasteiger partial charge on any atom is -0.466 e. The van der Waals surface area contributed by atoms with Gasteiger partial charge in [-0.15, -0.1) is 0 Å². The molecule has 1 aliphatic heterocycles. The van der Waals surface area contributed by atoms with E-state index in [1.54, 1.807) is 0 Å². The molecule has 1 saturated carbocycles. The Kier molecular flexibility index (Phi) is 3.26. The summed E-state index contributed by atoms with van der Waals surface area (Å²) in [6, 6.07) is 0.342. The minimum atomic E-state index is -0.0112. The van der Waals surface area contributed by atoms with E-state index in [0.717, 1.165) is 31.4 Å². The van der Waals surface area contributed by atoms with Crippen molar-refractivity contribution in [2.45, 2.75) is 43.4 Å². The third kappa shape index (κ3) is 2.31. The highest BCUT2D eigenvalue weighted by atomic mass is 32.2. The summed E-state index contributed by atoms with van der Waals surface area (Å²) in [6.45, 7) is 2.35. The lowest BCUT2D eigenvalue weighted by Crippen LogP contribution is -2.50. The summed E-state index contributed by atoms with van der Waals surface area (Å²) in [7, 11) is 0. The maximum absolute atomic E-state index is 11.5. The highest BCUT2D eigenvalue weighted by molar-refractivity contribution is 8.00. The Morgan fingerprint density at radius 1 is 1.53 bits per heavy atom. The lowest BCUT2D eigenvalue weighted by atomic mass is 9.70. The molecule has 0 aromatic heterocycles. The van der Waals surface area contributed by atoms with Crippen LogP contribution in [0.4, 0.5) is 0 Å². The van der Waals surface area contributed by atoms with Gasteiger partial charge in [0.1, 0.15) is 0 Å². The molecule has 1 heterocycles. The van der Waals surface area contributed by atoms with Crippen LogP contribution in [0.2, 0.25) is 0 Å². The second-order valence-electron chi connectivity index (χ2n) is 4.64. The zero-order valence-corrected chi connectivity index (χ0v) is 10.0. The van der Waals surface area contributed by atoms with Gasteiger partial charge in [-0.3, -0.25) is 4.79 Å². The molecule has 2 fully saturated rings. The Labute approximate surface area is 95.1 Å². The average molecular weight is 229 g/mol. The van der Waals surface area contributed by atoms with Gasteiger partial charge < -0.3 is 10.5 Å². The van der Waals surface area contributed by atoms with Crippen molar-refractivity contribution in [1.29, 1.82) is 0 Å². The summed E-state index contributed by atoms with van der Waals surface area (Å²) < 4.78 is 5.34. The normalized spacial score (nSPS) is 39.9. The van der Waals surface area contributed by atoms with Crippen LogP contribution in [0.1, 0.15) is 32.6 Å². The van der Waals surface area contributed by atoms with Gasteiger partial charge in [0.25, 0.3) is 0 Å². The monoisotopic (exact) mass is 229 g/mol. The van der Waals surface area contributed by atoms with E-state index in [1.165, 1.54) is 0 Å². The highest BCUT2D eigenvalue weighted by Crippen LogP contribution is 2.53. The quantitative estimate of drug-likeness (QED) is 0.730. The smallest absolute Gasteiger partial charge is 0.309 e. The number of carbonyl (C=O) groups is 1. The van der Waals surface area contributed by atoms with Crippen molar-refractivity contribution in [3.8, 4) is 0 Å². The number of carbonyl (C=O) groups excluding carboxylic acids is 1. The van der Waals surface area contributed by atoms with Gasteiger partial charge in [-0.25, -0.2) is 0 Å². The molecule has 4 heteroatoms. The van der Waals surface area contributed by atoms with Crippen LogP contribution in [0.3, 0.4) is 0 Å². The molecule has 1 atom stereocenters. The van der Waals surface area contributed by atoms with Crippen LogP contribution in [0.15, 0.2) is 0 Å². The van der Waals surface area contributed by atoms with E-state index in [1.807, 2.05) is 18.7 Å². The predicted octanol–water partition coefficient (Wildman–Crippen LogP) is 1.55. The SMILES string of the molecule is CCOC(=O)C1CC2(CC(N)CCS2)C1. The lowest BCUT2D eigenvalue weighted by Gasteiger charge is -2.49. The Bertz CT molecular complexity index is 251. The topological polar surface area (TPSA) is 52.3 Å². The van der Waals surface area contributed by atoms with Gasteiger partial charge >= 0.3 is 5.97 Å². The molecule has 2 N–H and O–H groups in total. The molecule has 3 nitrogen and oxygen atoms in total. The van der Waals surface area contributed by atoms with Gasteiger partial charge in [0.2, 0.25) is 0 Å². The van der Waals surface area contributed by atoms with Gasteiger partial charge in [0, 0.05) is 10.8 Å². The standard InChI is InChI=1S/C11H19NO2S/c1-2-14-10(13)8-5-11(6-8)7-9(12)3-4-15-11/h8-9H,2-7,12H2,1H3. The maximum Gasteiger partial charge on any atom is 0.309 e. The molecule has 86 valence electrons. The Morgan fingerprint density at radius 3 is 2.87 bits per heavy atom. The zero-order chi connectivity index (χ0) is 10.9. The lowest BCUT2D eigenvalue weighted by molar-refractivity contribution is -0.152. The van der Waals surface area contributed by atoms with Crippen molar-refractivity contribution in [3.63, 3.8) is 0 Å². The molecular formula is C11H19NO2S. The van der Waals surface area contributed by atoms with Gasteiger partial charge in [-0.2, -0.15) is 11.8 Å². The third-order valence-electron chi connectivity index (χ3n) is 3.39. The molecule has 0 aromatic rings. The van der Waals surface area contributed by atoms with Crippen molar-refractivity contribution in [2.75, 3.05) is 12.4 Å². The van der Waals surface area contributed by atoms with Crippen LogP contribution in [-0.2, 0) is 9.53 Å². The molecule has 2 aliphatic rings. The van der Waals surface area contributed by atoms with Crippen molar-refractivity contribution in [2.24, 2.45) is 11.7 Å². The molecule has 0 radical (unpaired) electrons. The molecule has 15 heavy (non-hydrogen) atoms. The van der Waals surface area contributed by atoms with E-state index < -0.39 is 0 Å². The van der Waals surface area contributed by atoms with Gasteiger partial charge in [0.05, 0.1) is 12.5 Å². The summed E-state index contributed by atoms with van der Waals surface area (Å²) in [5.41, 5.74) is 5.97. The Morgan fingerprint density at radius 2 is 2.27 bits per heavy atom. The fraction of sp³-hybridized carbons (Fsp3) is 0.909. The first kappa shape index (κ1) is 11.3. The van der Waals surface area contributed by atoms with E-state index in [9.17, 15) is 4.79 Å². The van der Waals surface area contributed by atoms with Crippen LogP contribution in [0, 0.1) is 5.92 Å².